The Bertz CT molecular complexity index is 1240. The molecule has 178 valence electrons. The van der Waals surface area contributed by atoms with E-state index in [0.29, 0.717) is 16.3 Å². The van der Waals surface area contributed by atoms with Crippen LogP contribution in [0.15, 0.2) is 42.6 Å². The van der Waals surface area contributed by atoms with Crippen molar-refractivity contribution in [2.75, 3.05) is 37.7 Å². The van der Waals surface area contributed by atoms with E-state index in [1.54, 1.807) is 13.1 Å². The molecule has 1 aromatic heterocycles. The van der Waals surface area contributed by atoms with Crippen LogP contribution in [0, 0.1) is 5.82 Å². The summed E-state index contributed by atoms with van der Waals surface area (Å²) in [6, 6.07) is 11.1. The molecule has 2 aromatic carbocycles. The van der Waals surface area contributed by atoms with Gasteiger partial charge in [-0.3, -0.25) is 0 Å². The zero-order valence-electron chi connectivity index (χ0n) is 19.2. The second kappa shape index (κ2) is 8.91. The van der Waals surface area contributed by atoms with Crippen LogP contribution in [0.25, 0.3) is 11.1 Å². The first-order valence-electron chi connectivity index (χ1n) is 11.4. The van der Waals surface area contributed by atoms with Crippen LogP contribution < -0.4 is 15.8 Å². The third kappa shape index (κ3) is 4.08. The minimum atomic E-state index is -0.624. The van der Waals surface area contributed by atoms with Crippen LogP contribution in [0.1, 0.15) is 37.0 Å². The molecular formula is C26H27Cl2FN4O. The zero-order valence-corrected chi connectivity index (χ0v) is 20.7. The Morgan fingerprint density at radius 1 is 1.15 bits per heavy atom. The molecule has 34 heavy (non-hydrogen) atoms. The molecule has 0 bridgehead atoms. The van der Waals surface area contributed by atoms with E-state index >= 15 is 0 Å². The molecule has 3 N–H and O–H groups in total. The van der Waals surface area contributed by atoms with Gasteiger partial charge in [0.15, 0.2) is 11.6 Å². The summed E-state index contributed by atoms with van der Waals surface area (Å²) >= 11 is 12.4. The number of aromatic nitrogens is 1. The first kappa shape index (κ1) is 23.2. The molecule has 0 radical (unpaired) electrons. The summed E-state index contributed by atoms with van der Waals surface area (Å²) in [7, 11) is 2.18. The highest BCUT2D eigenvalue weighted by Crippen LogP contribution is 2.45. The van der Waals surface area contributed by atoms with Gasteiger partial charge in [-0.2, -0.15) is 0 Å². The second-order valence-corrected chi connectivity index (χ2v) is 10.1. The highest BCUT2D eigenvalue weighted by atomic mass is 35.5. The van der Waals surface area contributed by atoms with Gasteiger partial charge in [0.1, 0.15) is 11.9 Å². The number of rotatable bonds is 4. The number of hydrogen-bond donors (Lipinski definition) is 2. The molecule has 2 aliphatic rings. The fourth-order valence-electron chi connectivity index (χ4n) is 5.06. The van der Waals surface area contributed by atoms with E-state index in [4.69, 9.17) is 33.7 Å². The summed E-state index contributed by atoms with van der Waals surface area (Å²) < 4.78 is 20.1. The SMILES string of the molecule is C[C@@H](Oc1cc(-c2ccc3c(c2)NCC32CCN(C)CC2)cnc1N)c1c(Cl)ccc(F)c1Cl. The fraction of sp³-hybridized carbons (Fsp3) is 0.346. The van der Waals surface area contributed by atoms with Crippen LogP contribution in [-0.2, 0) is 5.41 Å². The molecule has 3 heterocycles. The average molecular weight is 501 g/mol. The molecule has 1 atom stereocenters. The van der Waals surface area contributed by atoms with Gasteiger partial charge in [0, 0.05) is 40.0 Å². The Hall–Kier alpha value is -2.54. The average Bonchev–Trinajstić information content (AvgIpc) is 3.17. The Morgan fingerprint density at radius 2 is 1.91 bits per heavy atom. The molecule has 1 fully saturated rings. The normalized spacial score (nSPS) is 17.9. The maximum absolute atomic E-state index is 14.0. The second-order valence-electron chi connectivity index (χ2n) is 9.32. The number of halogens is 3. The lowest BCUT2D eigenvalue weighted by Crippen LogP contribution is -2.42. The molecule has 0 unspecified atom stereocenters. The lowest BCUT2D eigenvalue weighted by molar-refractivity contribution is 0.200. The Morgan fingerprint density at radius 3 is 2.68 bits per heavy atom. The van der Waals surface area contributed by atoms with Gasteiger partial charge in [-0.05, 0) is 75.3 Å². The standard InChI is InChI=1S/C26H27Cl2FN4O/c1-15(23-19(27)5-6-20(29)24(23)28)34-22-12-17(13-31-25(22)30)16-3-4-18-21(11-16)32-14-26(18)7-9-33(2)10-8-26/h3-6,11-13,15,32H,7-10,14H2,1-2H3,(H2,30,31)/t15-/m1/s1. The minimum Gasteiger partial charge on any atom is -0.482 e. The number of benzene rings is 2. The molecule has 5 rings (SSSR count). The van der Waals surface area contributed by atoms with Gasteiger partial charge in [0.25, 0.3) is 0 Å². The van der Waals surface area contributed by atoms with Crippen molar-refractivity contribution in [3.05, 3.63) is 69.6 Å². The van der Waals surface area contributed by atoms with Gasteiger partial charge < -0.3 is 20.7 Å². The summed E-state index contributed by atoms with van der Waals surface area (Å²) in [5.74, 6) is 0.0786. The zero-order chi connectivity index (χ0) is 24.0. The monoisotopic (exact) mass is 500 g/mol. The van der Waals surface area contributed by atoms with Crippen LogP contribution >= 0.6 is 23.2 Å². The smallest absolute Gasteiger partial charge is 0.166 e. The van der Waals surface area contributed by atoms with Gasteiger partial charge in [-0.1, -0.05) is 35.3 Å². The van der Waals surface area contributed by atoms with Crippen LogP contribution in [0.2, 0.25) is 10.0 Å². The first-order chi connectivity index (χ1) is 16.3. The summed E-state index contributed by atoms with van der Waals surface area (Å²) in [6.07, 6.45) is 3.43. The molecule has 0 amide bonds. The molecule has 0 saturated carbocycles. The predicted octanol–water partition coefficient (Wildman–Crippen LogP) is 6.31. The lowest BCUT2D eigenvalue weighted by Gasteiger charge is -2.37. The number of piperidine rings is 1. The first-order valence-corrected chi connectivity index (χ1v) is 12.2. The van der Waals surface area contributed by atoms with Crippen LogP contribution in [0.3, 0.4) is 0 Å². The van der Waals surface area contributed by atoms with E-state index < -0.39 is 11.9 Å². The number of ether oxygens (including phenoxy) is 1. The van der Waals surface area contributed by atoms with Crippen molar-refractivity contribution in [1.29, 1.82) is 0 Å². The quantitative estimate of drug-likeness (QED) is 0.411. The number of fused-ring (bicyclic) bond motifs is 2. The van der Waals surface area contributed by atoms with Crippen molar-refractivity contribution in [1.82, 2.24) is 9.88 Å². The molecule has 1 spiro atoms. The number of nitrogen functional groups attached to an aromatic ring is 1. The predicted molar refractivity (Wildman–Crippen MR) is 136 cm³/mol. The van der Waals surface area contributed by atoms with E-state index in [-0.39, 0.29) is 16.3 Å². The summed E-state index contributed by atoms with van der Waals surface area (Å²) in [5, 5.41) is 3.89. The summed E-state index contributed by atoms with van der Waals surface area (Å²) in [4.78, 5) is 6.73. The van der Waals surface area contributed by atoms with Gasteiger partial charge in [-0.25, -0.2) is 9.37 Å². The molecule has 0 aliphatic carbocycles. The van der Waals surface area contributed by atoms with Crippen molar-refractivity contribution in [2.24, 2.45) is 0 Å². The van der Waals surface area contributed by atoms with Crippen LogP contribution in [-0.4, -0.2) is 36.6 Å². The maximum Gasteiger partial charge on any atom is 0.166 e. The molecule has 1 saturated heterocycles. The summed E-state index contributed by atoms with van der Waals surface area (Å²) in [5.41, 5.74) is 11.2. The maximum atomic E-state index is 14.0. The highest BCUT2D eigenvalue weighted by molar-refractivity contribution is 6.36. The van der Waals surface area contributed by atoms with Crippen LogP contribution in [0.5, 0.6) is 5.75 Å². The van der Waals surface area contributed by atoms with E-state index in [9.17, 15) is 4.39 Å². The fourth-order valence-corrected chi connectivity index (χ4v) is 5.73. The Kier molecular flexibility index (Phi) is 6.09. The minimum absolute atomic E-state index is 0.0600. The van der Waals surface area contributed by atoms with E-state index in [0.717, 1.165) is 43.6 Å². The van der Waals surface area contributed by atoms with E-state index in [2.05, 4.69) is 40.4 Å². The number of likely N-dealkylation sites (tertiary alicyclic amines) is 1. The number of anilines is 2. The molecule has 5 nitrogen and oxygen atoms in total. The number of nitrogens with zero attached hydrogens (tertiary/aromatic N) is 2. The Balaban J connectivity index is 1.42. The highest BCUT2D eigenvalue weighted by Gasteiger charge is 2.40. The van der Waals surface area contributed by atoms with Crippen molar-refractivity contribution in [2.45, 2.75) is 31.3 Å². The molecule has 2 aliphatic heterocycles. The van der Waals surface area contributed by atoms with Crippen molar-refractivity contribution in [3.8, 4) is 16.9 Å². The molecular weight excluding hydrogens is 474 g/mol. The lowest BCUT2D eigenvalue weighted by atomic mass is 9.74. The largest absolute Gasteiger partial charge is 0.482 e. The van der Waals surface area contributed by atoms with E-state index in [1.807, 2.05) is 6.07 Å². The van der Waals surface area contributed by atoms with E-state index in [1.165, 1.54) is 23.4 Å². The van der Waals surface area contributed by atoms with Gasteiger partial charge in [0.05, 0.1) is 5.02 Å². The van der Waals surface area contributed by atoms with Crippen molar-refractivity contribution >= 4 is 34.7 Å². The summed E-state index contributed by atoms with van der Waals surface area (Å²) in [6.45, 7) is 4.95. The third-order valence-corrected chi connectivity index (χ3v) is 7.87. The number of pyridine rings is 1. The Labute approximate surface area is 209 Å². The topological polar surface area (TPSA) is 63.4 Å². The van der Waals surface area contributed by atoms with Gasteiger partial charge in [0.2, 0.25) is 0 Å². The van der Waals surface area contributed by atoms with Crippen molar-refractivity contribution in [3.63, 3.8) is 0 Å². The van der Waals surface area contributed by atoms with Gasteiger partial charge in [-0.15, -0.1) is 0 Å². The van der Waals surface area contributed by atoms with Gasteiger partial charge >= 0.3 is 0 Å². The van der Waals surface area contributed by atoms with Crippen LogP contribution in [0.4, 0.5) is 15.9 Å². The molecule has 8 heteroatoms. The number of nitrogens with two attached hydrogens (primary N) is 1. The number of nitrogens with one attached hydrogen (secondary N) is 1. The molecule has 3 aromatic rings. The number of hydrogen-bond acceptors (Lipinski definition) is 5. The third-order valence-electron chi connectivity index (χ3n) is 7.16. The van der Waals surface area contributed by atoms with Crippen molar-refractivity contribution < 1.29 is 9.13 Å².